The molecule has 0 aliphatic heterocycles. The Morgan fingerprint density at radius 2 is 1.71 bits per heavy atom. The molecule has 0 heterocycles. The van der Waals surface area contributed by atoms with E-state index in [1.54, 1.807) is 30.3 Å². The van der Waals surface area contributed by atoms with Crippen molar-refractivity contribution in [2.75, 3.05) is 11.9 Å². The lowest BCUT2D eigenvalue weighted by molar-refractivity contribution is -0.385. The Hall–Kier alpha value is -2.83. The highest BCUT2D eigenvalue weighted by Crippen LogP contribution is 2.25. The summed E-state index contributed by atoms with van der Waals surface area (Å²) in [5.41, 5.74) is -0.812. The quantitative estimate of drug-likeness (QED) is 0.645. The molecule has 0 aromatic heterocycles. The molecule has 0 bridgehead atoms. The normalized spacial score (nSPS) is 10.2. The van der Waals surface area contributed by atoms with Crippen LogP contribution in [0.1, 0.15) is 10.4 Å². The Balaban J connectivity index is 2.48. The average Bonchev–Trinajstić information content (AvgIpc) is 2.48. The van der Waals surface area contributed by atoms with Crippen LogP contribution in [0, 0.1) is 21.7 Å². The summed E-state index contributed by atoms with van der Waals surface area (Å²) in [4.78, 5) is 23.4. The first kappa shape index (κ1) is 14.6. The van der Waals surface area contributed by atoms with Gasteiger partial charge in [-0.2, -0.15) is 0 Å². The number of halogens is 2. The SMILES string of the molecule is CN(C(=O)c1cc(F)c(F)cc1[N+](=O)[O-])c1ccccc1. The number of hydrogen-bond acceptors (Lipinski definition) is 3. The number of carbonyl (C=O) groups excluding carboxylic acids is 1. The maximum Gasteiger partial charge on any atom is 0.285 e. The number of benzene rings is 2. The van der Waals surface area contributed by atoms with Gasteiger partial charge in [-0.3, -0.25) is 14.9 Å². The number of rotatable bonds is 3. The van der Waals surface area contributed by atoms with E-state index in [0.29, 0.717) is 17.8 Å². The minimum atomic E-state index is -1.37. The van der Waals surface area contributed by atoms with Crippen molar-refractivity contribution in [3.05, 3.63) is 69.8 Å². The van der Waals surface area contributed by atoms with Gasteiger partial charge >= 0.3 is 0 Å². The molecule has 0 radical (unpaired) electrons. The van der Waals surface area contributed by atoms with E-state index in [1.807, 2.05) is 0 Å². The number of hydrogen-bond donors (Lipinski definition) is 0. The zero-order chi connectivity index (χ0) is 15.6. The minimum Gasteiger partial charge on any atom is -0.311 e. The summed E-state index contributed by atoms with van der Waals surface area (Å²) < 4.78 is 26.4. The van der Waals surface area contributed by atoms with E-state index in [2.05, 4.69) is 0 Å². The van der Waals surface area contributed by atoms with E-state index in [9.17, 15) is 23.7 Å². The fraction of sp³-hybridized carbons (Fsp3) is 0.0714. The summed E-state index contributed by atoms with van der Waals surface area (Å²) >= 11 is 0. The van der Waals surface area contributed by atoms with Crippen molar-refractivity contribution in [3.63, 3.8) is 0 Å². The van der Waals surface area contributed by atoms with Crippen LogP contribution in [-0.2, 0) is 0 Å². The summed E-state index contributed by atoms with van der Waals surface area (Å²) in [7, 11) is 1.39. The lowest BCUT2D eigenvalue weighted by atomic mass is 10.1. The third kappa shape index (κ3) is 2.86. The summed E-state index contributed by atoms with van der Waals surface area (Å²) in [5, 5.41) is 10.9. The summed E-state index contributed by atoms with van der Waals surface area (Å²) in [6, 6.07) is 9.27. The van der Waals surface area contributed by atoms with Crippen molar-refractivity contribution in [2.45, 2.75) is 0 Å². The van der Waals surface area contributed by atoms with E-state index in [1.165, 1.54) is 7.05 Å². The number of amides is 1. The van der Waals surface area contributed by atoms with Gasteiger partial charge in [-0.05, 0) is 18.2 Å². The van der Waals surface area contributed by atoms with Gasteiger partial charge in [0.15, 0.2) is 11.6 Å². The molecule has 108 valence electrons. The van der Waals surface area contributed by atoms with Gasteiger partial charge in [0.25, 0.3) is 11.6 Å². The molecule has 0 aliphatic carbocycles. The lowest BCUT2D eigenvalue weighted by Crippen LogP contribution is -2.27. The van der Waals surface area contributed by atoms with Crippen molar-refractivity contribution < 1.29 is 18.5 Å². The highest BCUT2D eigenvalue weighted by molar-refractivity contribution is 6.08. The fourth-order valence-corrected chi connectivity index (χ4v) is 1.81. The second-order valence-corrected chi connectivity index (χ2v) is 4.24. The first-order valence-corrected chi connectivity index (χ1v) is 5.88. The van der Waals surface area contributed by atoms with E-state index in [4.69, 9.17) is 0 Å². The molecule has 0 N–H and O–H groups in total. The number of carbonyl (C=O) groups is 1. The molecule has 1 amide bonds. The van der Waals surface area contributed by atoms with Gasteiger partial charge in [-0.1, -0.05) is 18.2 Å². The molecular weight excluding hydrogens is 282 g/mol. The molecule has 21 heavy (non-hydrogen) atoms. The molecular formula is C14H10F2N2O3. The van der Waals surface area contributed by atoms with Crippen LogP contribution >= 0.6 is 0 Å². The zero-order valence-electron chi connectivity index (χ0n) is 10.9. The lowest BCUT2D eigenvalue weighted by Gasteiger charge is -2.17. The smallest absolute Gasteiger partial charge is 0.285 e. The summed E-state index contributed by atoms with van der Waals surface area (Å²) in [6.07, 6.45) is 0. The molecule has 2 aromatic carbocycles. The Kier molecular flexibility index (Phi) is 3.93. The number of para-hydroxylation sites is 1. The molecule has 7 heteroatoms. The van der Waals surface area contributed by atoms with Gasteiger partial charge in [0, 0.05) is 12.7 Å². The molecule has 0 aliphatic rings. The van der Waals surface area contributed by atoms with Gasteiger partial charge in [-0.15, -0.1) is 0 Å². The fourth-order valence-electron chi connectivity index (χ4n) is 1.81. The highest BCUT2D eigenvalue weighted by atomic mass is 19.2. The van der Waals surface area contributed by atoms with Gasteiger partial charge in [0.2, 0.25) is 0 Å². The van der Waals surface area contributed by atoms with Crippen LogP contribution in [-0.4, -0.2) is 17.9 Å². The maximum atomic E-state index is 13.3. The van der Waals surface area contributed by atoms with Crippen molar-refractivity contribution in [1.29, 1.82) is 0 Å². The molecule has 5 nitrogen and oxygen atoms in total. The van der Waals surface area contributed by atoms with Gasteiger partial charge in [-0.25, -0.2) is 8.78 Å². The number of nitrogens with zero attached hydrogens (tertiary/aromatic N) is 2. The zero-order valence-corrected chi connectivity index (χ0v) is 10.9. The van der Waals surface area contributed by atoms with Crippen LogP contribution in [0.2, 0.25) is 0 Å². The van der Waals surface area contributed by atoms with Crippen LogP contribution in [0.15, 0.2) is 42.5 Å². The molecule has 0 unspecified atom stereocenters. The van der Waals surface area contributed by atoms with E-state index in [-0.39, 0.29) is 0 Å². The molecule has 0 saturated carbocycles. The first-order chi connectivity index (χ1) is 9.91. The Bertz CT molecular complexity index is 705. The Morgan fingerprint density at radius 3 is 2.29 bits per heavy atom. The predicted molar refractivity (Wildman–Crippen MR) is 72.2 cm³/mol. The second-order valence-electron chi connectivity index (χ2n) is 4.24. The maximum absolute atomic E-state index is 13.3. The van der Waals surface area contributed by atoms with Crippen LogP contribution in [0.3, 0.4) is 0 Å². The van der Waals surface area contributed by atoms with Crippen molar-refractivity contribution in [2.24, 2.45) is 0 Å². The van der Waals surface area contributed by atoms with Crippen LogP contribution in [0.4, 0.5) is 20.2 Å². The van der Waals surface area contributed by atoms with E-state index >= 15 is 0 Å². The number of nitro benzene ring substituents is 1. The second kappa shape index (κ2) is 5.66. The number of nitro groups is 1. The topological polar surface area (TPSA) is 63.5 Å². The Morgan fingerprint density at radius 1 is 1.14 bits per heavy atom. The summed E-state index contributed by atoms with van der Waals surface area (Å²) in [5.74, 6) is -3.49. The number of anilines is 1. The molecule has 0 spiro atoms. The van der Waals surface area contributed by atoms with Crippen molar-refractivity contribution in [1.82, 2.24) is 0 Å². The third-order valence-electron chi connectivity index (χ3n) is 2.91. The predicted octanol–water partition coefficient (Wildman–Crippen LogP) is 3.15. The van der Waals surface area contributed by atoms with Gasteiger partial charge in [0.05, 0.1) is 11.0 Å². The van der Waals surface area contributed by atoms with Crippen molar-refractivity contribution in [3.8, 4) is 0 Å². The van der Waals surface area contributed by atoms with E-state index < -0.39 is 33.7 Å². The summed E-state index contributed by atoms with van der Waals surface area (Å²) in [6.45, 7) is 0. The third-order valence-corrected chi connectivity index (χ3v) is 2.91. The molecule has 2 rings (SSSR count). The standard InChI is InChI=1S/C14H10F2N2O3/c1-17(9-5-3-2-4-6-9)14(19)10-7-11(15)12(16)8-13(10)18(20)21/h2-8H,1H3. The molecule has 0 atom stereocenters. The molecule has 0 saturated heterocycles. The van der Waals surface area contributed by atoms with Crippen LogP contribution < -0.4 is 4.90 Å². The van der Waals surface area contributed by atoms with Crippen molar-refractivity contribution >= 4 is 17.3 Å². The highest BCUT2D eigenvalue weighted by Gasteiger charge is 2.26. The Labute approximate surface area is 118 Å². The van der Waals surface area contributed by atoms with Gasteiger partial charge < -0.3 is 4.90 Å². The van der Waals surface area contributed by atoms with Crippen LogP contribution in [0.25, 0.3) is 0 Å². The van der Waals surface area contributed by atoms with Gasteiger partial charge in [0.1, 0.15) is 5.56 Å². The monoisotopic (exact) mass is 292 g/mol. The van der Waals surface area contributed by atoms with E-state index in [0.717, 1.165) is 4.90 Å². The largest absolute Gasteiger partial charge is 0.311 e. The minimum absolute atomic E-state index is 0.404. The average molecular weight is 292 g/mol. The van der Waals surface area contributed by atoms with Crippen LogP contribution in [0.5, 0.6) is 0 Å². The molecule has 0 fully saturated rings. The molecule has 2 aromatic rings. The first-order valence-electron chi connectivity index (χ1n) is 5.88.